The molecule has 0 amide bonds. The minimum absolute atomic E-state index is 0.0877. The van der Waals surface area contributed by atoms with Gasteiger partial charge in [0.1, 0.15) is 11.9 Å². The molecular formula is C23H29N7O3. The lowest BCUT2D eigenvalue weighted by Crippen LogP contribution is -2.46. The highest BCUT2D eigenvalue weighted by molar-refractivity contribution is 5.72. The van der Waals surface area contributed by atoms with E-state index < -0.39 is 0 Å². The second-order valence-corrected chi connectivity index (χ2v) is 8.72. The quantitative estimate of drug-likeness (QED) is 0.542. The number of piperidine rings is 1. The molecule has 3 aromatic rings. The Morgan fingerprint density at radius 2 is 1.82 bits per heavy atom. The number of ether oxygens (including phenoxy) is 2. The van der Waals surface area contributed by atoms with E-state index in [1.54, 1.807) is 18.0 Å². The number of carbonyl (C=O) groups excluding carboxylic acids is 1. The van der Waals surface area contributed by atoms with Crippen LogP contribution in [0.15, 0.2) is 30.5 Å². The molecule has 1 aliphatic heterocycles. The molecule has 1 N–H and O–H groups in total. The largest absolute Gasteiger partial charge is 0.497 e. The number of rotatable bonds is 7. The Hall–Kier alpha value is -3.27. The van der Waals surface area contributed by atoms with Crippen LogP contribution in [0.3, 0.4) is 0 Å². The third kappa shape index (κ3) is 4.75. The highest BCUT2D eigenvalue weighted by atomic mass is 16.5. The van der Waals surface area contributed by atoms with Crippen LogP contribution in [0.2, 0.25) is 0 Å². The van der Waals surface area contributed by atoms with Gasteiger partial charge in [-0.05, 0) is 62.8 Å². The Morgan fingerprint density at radius 3 is 2.52 bits per heavy atom. The average Bonchev–Trinajstić information content (AvgIpc) is 3.29. The van der Waals surface area contributed by atoms with Gasteiger partial charge in [-0.15, -0.1) is 5.10 Å². The fourth-order valence-electron chi connectivity index (χ4n) is 4.92. The Kier molecular flexibility index (Phi) is 6.34. The zero-order valence-corrected chi connectivity index (χ0v) is 18.8. The molecule has 3 heterocycles. The van der Waals surface area contributed by atoms with Crippen molar-refractivity contribution < 1.29 is 14.3 Å². The summed E-state index contributed by atoms with van der Waals surface area (Å²) in [6.07, 6.45) is 8.11. The van der Waals surface area contributed by atoms with Gasteiger partial charge in [-0.3, -0.25) is 4.79 Å². The number of carbonyl (C=O) groups is 1. The number of methoxy groups -OCH3 is 1. The summed E-state index contributed by atoms with van der Waals surface area (Å²) >= 11 is 0. The molecule has 174 valence electrons. The minimum atomic E-state index is 0.0877. The first-order valence-electron chi connectivity index (χ1n) is 11.6. The van der Waals surface area contributed by atoms with Gasteiger partial charge in [0.15, 0.2) is 11.2 Å². The molecule has 0 radical (unpaired) electrons. The number of fused-ring (bicyclic) bond motifs is 1. The number of nitrogens with zero attached hydrogens (tertiary/aromatic N) is 6. The zero-order valence-electron chi connectivity index (χ0n) is 18.8. The monoisotopic (exact) mass is 451 g/mol. The van der Waals surface area contributed by atoms with E-state index in [1.165, 1.54) is 0 Å². The molecule has 0 bridgehead atoms. The Bertz CT molecular complexity index is 1070. The number of likely N-dealkylation sites (tertiary alicyclic amines) is 1. The van der Waals surface area contributed by atoms with Gasteiger partial charge >= 0.3 is 0 Å². The standard InChI is InChI=1S/C23H29N7O3/c1-32-19-8-6-18(7-9-19)30-22-21(27-28-30)14-24-23(26-22)25-16-2-4-17(5-3-16)29-12-10-20(11-13-29)33-15-31/h6-9,14-17,20H,2-5,10-13H2,1H3,(H,24,25,26)/t16-,17-. The van der Waals surface area contributed by atoms with E-state index in [-0.39, 0.29) is 6.10 Å². The van der Waals surface area contributed by atoms with Crippen LogP contribution in [0.5, 0.6) is 5.75 Å². The number of hydrogen-bond donors (Lipinski definition) is 1. The van der Waals surface area contributed by atoms with Crippen LogP contribution in [-0.4, -0.2) is 74.7 Å². The van der Waals surface area contributed by atoms with Crippen LogP contribution in [0, 0.1) is 0 Å². The summed E-state index contributed by atoms with van der Waals surface area (Å²) in [7, 11) is 1.64. The van der Waals surface area contributed by atoms with E-state index in [2.05, 4.69) is 25.5 Å². The van der Waals surface area contributed by atoms with Crippen molar-refractivity contribution in [1.29, 1.82) is 0 Å². The van der Waals surface area contributed by atoms with Crippen LogP contribution in [-0.2, 0) is 9.53 Å². The molecule has 1 saturated carbocycles. The van der Waals surface area contributed by atoms with Gasteiger partial charge in [-0.1, -0.05) is 5.21 Å². The van der Waals surface area contributed by atoms with E-state index in [9.17, 15) is 4.79 Å². The van der Waals surface area contributed by atoms with E-state index >= 15 is 0 Å². The molecule has 2 aliphatic rings. The zero-order chi connectivity index (χ0) is 22.6. The summed E-state index contributed by atoms with van der Waals surface area (Å²) in [4.78, 5) is 22.3. The number of nitrogens with one attached hydrogen (secondary N) is 1. The van der Waals surface area contributed by atoms with Crippen molar-refractivity contribution in [2.45, 2.75) is 56.7 Å². The van der Waals surface area contributed by atoms with Gasteiger partial charge in [0, 0.05) is 25.2 Å². The fourth-order valence-corrected chi connectivity index (χ4v) is 4.92. The summed E-state index contributed by atoms with van der Waals surface area (Å²) < 4.78 is 12.1. The van der Waals surface area contributed by atoms with Crippen LogP contribution in [0.1, 0.15) is 38.5 Å². The van der Waals surface area contributed by atoms with Crippen molar-refractivity contribution in [3.63, 3.8) is 0 Å². The lowest BCUT2D eigenvalue weighted by molar-refractivity contribution is -0.135. The summed E-state index contributed by atoms with van der Waals surface area (Å²) in [6, 6.07) is 8.58. The fraction of sp³-hybridized carbons (Fsp3) is 0.522. The van der Waals surface area contributed by atoms with Crippen LogP contribution < -0.4 is 10.1 Å². The first kappa shape index (κ1) is 21.6. The van der Waals surface area contributed by atoms with E-state index in [0.717, 1.165) is 63.1 Å². The summed E-state index contributed by atoms with van der Waals surface area (Å²) in [6.45, 7) is 2.59. The molecule has 33 heavy (non-hydrogen) atoms. The Balaban J connectivity index is 1.20. The van der Waals surface area contributed by atoms with Crippen LogP contribution >= 0.6 is 0 Å². The highest BCUT2D eigenvalue weighted by Gasteiger charge is 2.29. The van der Waals surface area contributed by atoms with E-state index in [4.69, 9.17) is 14.5 Å². The molecule has 1 saturated heterocycles. The van der Waals surface area contributed by atoms with Gasteiger partial charge in [-0.25, -0.2) is 4.98 Å². The van der Waals surface area contributed by atoms with Crippen LogP contribution in [0.25, 0.3) is 16.9 Å². The topological polar surface area (TPSA) is 107 Å². The molecule has 0 unspecified atom stereocenters. The third-order valence-corrected chi connectivity index (χ3v) is 6.78. The normalized spacial score (nSPS) is 22.2. The van der Waals surface area contributed by atoms with Gasteiger partial charge in [0.05, 0.1) is 19.0 Å². The predicted octanol–water partition coefficient (Wildman–Crippen LogP) is 2.58. The summed E-state index contributed by atoms with van der Waals surface area (Å²) in [5, 5.41) is 12.0. The maximum atomic E-state index is 10.5. The lowest BCUT2D eigenvalue weighted by Gasteiger charge is -2.40. The third-order valence-electron chi connectivity index (χ3n) is 6.78. The van der Waals surface area contributed by atoms with Crippen molar-refractivity contribution in [3.8, 4) is 11.4 Å². The molecule has 0 atom stereocenters. The van der Waals surface area contributed by atoms with Crippen LogP contribution in [0.4, 0.5) is 5.95 Å². The van der Waals surface area contributed by atoms with Gasteiger partial charge < -0.3 is 19.7 Å². The highest BCUT2D eigenvalue weighted by Crippen LogP contribution is 2.28. The number of benzene rings is 1. The van der Waals surface area contributed by atoms with E-state index in [0.29, 0.717) is 35.7 Å². The second-order valence-electron chi connectivity index (χ2n) is 8.72. The lowest BCUT2D eigenvalue weighted by atomic mass is 9.89. The number of aromatic nitrogens is 5. The van der Waals surface area contributed by atoms with Crippen molar-refractivity contribution >= 4 is 23.6 Å². The summed E-state index contributed by atoms with van der Waals surface area (Å²) in [5.74, 6) is 1.39. The number of anilines is 1. The smallest absolute Gasteiger partial charge is 0.293 e. The first-order valence-corrected chi connectivity index (χ1v) is 11.6. The average molecular weight is 452 g/mol. The van der Waals surface area contributed by atoms with Gasteiger partial charge in [0.25, 0.3) is 6.47 Å². The van der Waals surface area contributed by atoms with Gasteiger partial charge in [0.2, 0.25) is 5.95 Å². The minimum Gasteiger partial charge on any atom is -0.497 e. The van der Waals surface area contributed by atoms with Crippen molar-refractivity contribution in [2.75, 3.05) is 25.5 Å². The number of hydrogen-bond acceptors (Lipinski definition) is 9. The van der Waals surface area contributed by atoms with Crippen molar-refractivity contribution in [1.82, 2.24) is 29.9 Å². The maximum absolute atomic E-state index is 10.5. The molecule has 1 aromatic carbocycles. The molecule has 10 heteroatoms. The van der Waals surface area contributed by atoms with Crippen molar-refractivity contribution in [3.05, 3.63) is 30.5 Å². The predicted molar refractivity (Wildman–Crippen MR) is 122 cm³/mol. The molecule has 2 fully saturated rings. The Morgan fingerprint density at radius 1 is 1.06 bits per heavy atom. The molecule has 2 aromatic heterocycles. The molecule has 5 rings (SSSR count). The summed E-state index contributed by atoms with van der Waals surface area (Å²) in [5.41, 5.74) is 2.19. The second kappa shape index (κ2) is 9.70. The SMILES string of the molecule is COc1ccc(-n2nnc3cnc(N[C@H]4CC[C@H](N5CCC(OC=O)CC5)CC4)nc32)cc1. The molecule has 10 nitrogen and oxygen atoms in total. The first-order chi connectivity index (χ1) is 16.2. The van der Waals surface area contributed by atoms with Crippen molar-refractivity contribution in [2.24, 2.45) is 0 Å². The van der Waals surface area contributed by atoms with E-state index in [1.807, 2.05) is 24.3 Å². The Labute approximate surface area is 192 Å². The molecule has 0 spiro atoms. The molecular weight excluding hydrogens is 422 g/mol. The molecule has 1 aliphatic carbocycles. The maximum Gasteiger partial charge on any atom is 0.293 e. The van der Waals surface area contributed by atoms with Gasteiger partial charge in [-0.2, -0.15) is 9.67 Å².